The van der Waals surface area contributed by atoms with Crippen LogP contribution in [0.15, 0.2) is 36.4 Å². The number of carbonyl (C=O) groups excluding carboxylic acids is 2. The summed E-state index contributed by atoms with van der Waals surface area (Å²) in [7, 11) is 0. The van der Waals surface area contributed by atoms with E-state index in [4.69, 9.17) is 16.3 Å². The highest BCUT2D eigenvalue weighted by Crippen LogP contribution is 2.35. The number of esters is 1. The quantitative estimate of drug-likeness (QED) is 0.641. The third-order valence-corrected chi connectivity index (χ3v) is 4.83. The van der Waals surface area contributed by atoms with Gasteiger partial charge in [-0.3, -0.25) is 4.79 Å². The maximum atomic E-state index is 12.6. The van der Waals surface area contributed by atoms with Gasteiger partial charge in [-0.1, -0.05) is 35.9 Å². The summed E-state index contributed by atoms with van der Waals surface area (Å²) in [4.78, 5) is 28.0. The van der Waals surface area contributed by atoms with E-state index in [0.29, 0.717) is 34.7 Å². The van der Waals surface area contributed by atoms with Crippen molar-refractivity contribution in [1.29, 1.82) is 0 Å². The van der Waals surface area contributed by atoms with Gasteiger partial charge in [0.2, 0.25) is 0 Å². The van der Waals surface area contributed by atoms with Crippen molar-refractivity contribution in [3.05, 3.63) is 69.5 Å². The lowest BCUT2D eigenvalue weighted by Gasteiger charge is -2.22. The van der Waals surface area contributed by atoms with Gasteiger partial charge in [0, 0.05) is 22.7 Å². The molecule has 1 aromatic heterocycles. The monoisotopic (exact) mass is 357 g/mol. The van der Waals surface area contributed by atoms with Gasteiger partial charge in [0.25, 0.3) is 0 Å². The molecule has 0 fully saturated rings. The number of hydrogen-bond donors (Lipinski definition) is 1. The van der Waals surface area contributed by atoms with Crippen LogP contribution in [0.2, 0.25) is 5.02 Å². The molecule has 130 valence electrons. The Morgan fingerprint density at radius 1 is 1.32 bits per heavy atom. The van der Waals surface area contributed by atoms with Gasteiger partial charge in [-0.2, -0.15) is 0 Å². The predicted octanol–water partition coefficient (Wildman–Crippen LogP) is 4.62. The van der Waals surface area contributed by atoms with Gasteiger partial charge in [-0.15, -0.1) is 0 Å². The molecule has 5 heteroatoms. The number of fused-ring (bicyclic) bond motifs is 1. The molecule has 0 saturated carbocycles. The smallest absolute Gasteiger partial charge is 0.355 e. The predicted molar refractivity (Wildman–Crippen MR) is 97.5 cm³/mol. The summed E-state index contributed by atoms with van der Waals surface area (Å²) in [5, 5.41) is 0.674. The molecule has 25 heavy (non-hydrogen) atoms. The van der Waals surface area contributed by atoms with E-state index in [1.54, 1.807) is 13.0 Å². The molecule has 1 N–H and O–H groups in total. The second kappa shape index (κ2) is 7.28. The lowest BCUT2D eigenvalue weighted by atomic mass is 9.81. The number of Topliss-reactive ketones (excluding diaryl/α,β-unsaturated/α-hetero) is 1. The lowest BCUT2D eigenvalue weighted by molar-refractivity contribution is 0.0542. The SMILES string of the molecule is C/C=C/COC(=O)c1[nH]c2c(c1C)C(=O)C[C@H](c1ccc(Cl)cc1)C2. The highest BCUT2D eigenvalue weighted by atomic mass is 35.5. The van der Waals surface area contributed by atoms with Crippen LogP contribution in [0.25, 0.3) is 0 Å². The molecule has 1 aromatic carbocycles. The van der Waals surface area contributed by atoms with Gasteiger partial charge in [0.05, 0.1) is 0 Å². The highest BCUT2D eigenvalue weighted by molar-refractivity contribution is 6.30. The molecule has 2 aromatic rings. The summed E-state index contributed by atoms with van der Waals surface area (Å²) in [5.41, 5.74) is 3.59. The Hall–Kier alpha value is -2.33. The molecule has 0 spiro atoms. The first kappa shape index (κ1) is 17.5. The van der Waals surface area contributed by atoms with Crippen LogP contribution in [-0.2, 0) is 11.2 Å². The second-order valence-electron chi connectivity index (χ2n) is 6.23. The van der Waals surface area contributed by atoms with Gasteiger partial charge >= 0.3 is 5.97 Å². The van der Waals surface area contributed by atoms with Gasteiger partial charge in [0.15, 0.2) is 5.78 Å². The molecule has 0 bridgehead atoms. The Morgan fingerprint density at radius 3 is 2.72 bits per heavy atom. The minimum atomic E-state index is -0.430. The Balaban J connectivity index is 1.86. The van der Waals surface area contributed by atoms with Crippen LogP contribution in [-0.4, -0.2) is 23.3 Å². The first-order valence-corrected chi connectivity index (χ1v) is 8.67. The Kier molecular flexibility index (Phi) is 5.09. The number of carbonyl (C=O) groups is 2. The number of benzene rings is 1. The number of ether oxygens (including phenoxy) is 1. The standard InChI is InChI=1S/C20H20ClNO3/c1-3-4-9-25-20(24)19-12(2)18-16(22-19)10-14(11-17(18)23)13-5-7-15(21)8-6-13/h3-8,14,22H,9-11H2,1-2H3/b4-3+/t14-/m1/s1. The molecule has 1 atom stereocenters. The maximum Gasteiger partial charge on any atom is 0.355 e. The van der Waals surface area contributed by atoms with Crippen LogP contribution in [0, 0.1) is 6.92 Å². The zero-order valence-corrected chi connectivity index (χ0v) is 15.0. The van der Waals surface area contributed by atoms with Gasteiger partial charge in [0.1, 0.15) is 12.3 Å². The largest absolute Gasteiger partial charge is 0.457 e. The molecule has 3 rings (SSSR count). The normalized spacial score (nSPS) is 16.9. The van der Waals surface area contributed by atoms with E-state index in [-0.39, 0.29) is 18.3 Å². The molecular weight excluding hydrogens is 338 g/mol. The van der Waals surface area contributed by atoms with Crippen LogP contribution in [0.3, 0.4) is 0 Å². The number of H-pyrrole nitrogens is 1. The van der Waals surface area contributed by atoms with Crippen molar-refractivity contribution in [2.45, 2.75) is 32.6 Å². The molecule has 1 aliphatic rings. The molecule has 4 nitrogen and oxygen atoms in total. The molecule has 0 unspecified atom stereocenters. The summed E-state index contributed by atoms with van der Waals surface area (Å²) >= 11 is 5.94. The van der Waals surface area contributed by atoms with Gasteiger partial charge in [-0.25, -0.2) is 4.79 Å². The fourth-order valence-corrected chi connectivity index (χ4v) is 3.43. The first-order chi connectivity index (χ1) is 12.0. The fourth-order valence-electron chi connectivity index (χ4n) is 3.30. The maximum absolute atomic E-state index is 12.6. The van der Waals surface area contributed by atoms with Crippen molar-refractivity contribution in [3.63, 3.8) is 0 Å². The molecule has 1 aliphatic carbocycles. The van der Waals surface area contributed by atoms with E-state index in [1.165, 1.54) is 0 Å². The molecule has 0 amide bonds. The molecule has 0 aliphatic heterocycles. The molecule has 0 saturated heterocycles. The van der Waals surface area contributed by atoms with Crippen molar-refractivity contribution in [2.24, 2.45) is 0 Å². The van der Waals surface area contributed by atoms with E-state index in [1.807, 2.05) is 37.3 Å². The topological polar surface area (TPSA) is 59.2 Å². The van der Waals surface area contributed by atoms with Crippen molar-refractivity contribution in [3.8, 4) is 0 Å². The minimum Gasteiger partial charge on any atom is -0.457 e. The fraction of sp³-hybridized carbons (Fsp3) is 0.300. The van der Waals surface area contributed by atoms with E-state index < -0.39 is 5.97 Å². The van der Waals surface area contributed by atoms with Crippen molar-refractivity contribution in [1.82, 2.24) is 4.98 Å². The lowest BCUT2D eigenvalue weighted by Crippen LogP contribution is -2.18. The van der Waals surface area contributed by atoms with Gasteiger partial charge in [-0.05, 0) is 49.4 Å². The minimum absolute atomic E-state index is 0.0578. The number of aromatic amines is 1. The zero-order chi connectivity index (χ0) is 18.0. The first-order valence-electron chi connectivity index (χ1n) is 8.29. The number of ketones is 1. The molecule has 1 heterocycles. The average Bonchev–Trinajstić information content (AvgIpc) is 2.93. The third kappa shape index (κ3) is 3.54. The van der Waals surface area contributed by atoms with Gasteiger partial charge < -0.3 is 9.72 Å². The Bertz CT molecular complexity index is 833. The highest BCUT2D eigenvalue weighted by Gasteiger charge is 2.32. The number of allylic oxidation sites excluding steroid dienone is 1. The van der Waals surface area contributed by atoms with Crippen LogP contribution in [0.5, 0.6) is 0 Å². The summed E-state index contributed by atoms with van der Waals surface area (Å²) < 4.78 is 5.20. The van der Waals surface area contributed by atoms with E-state index >= 15 is 0 Å². The number of halogens is 1. The van der Waals surface area contributed by atoms with Crippen molar-refractivity contribution >= 4 is 23.4 Å². The van der Waals surface area contributed by atoms with Crippen LogP contribution >= 0.6 is 11.6 Å². The Labute approximate surface area is 151 Å². The molecule has 0 radical (unpaired) electrons. The average molecular weight is 358 g/mol. The third-order valence-electron chi connectivity index (χ3n) is 4.58. The van der Waals surface area contributed by atoms with E-state index in [2.05, 4.69) is 4.98 Å². The summed E-state index contributed by atoms with van der Waals surface area (Å²) in [6.45, 7) is 3.88. The summed E-state index contributed by atoms with van der Waals surface area (Å²) in [5.74, 6) is -0.287. The number of aromatic nitrogens is 1. The van der Waals surface area contributed by atoms with Crippen LogP contribution < -0.4 is 0 Å². The number of nitrogens with one attached hydrogen (secondary N) is 1. The van der Waals surface area contributed by atoms with E-state index in [0.717, 1.165) is 11.3 Å². The van der Waals surface area contributed by atoms with Crippen LogP contribution in [0.4, 0.5) is 0 Å². The molecular formula is C20H20ClNO3. The number of rotatable bonds is 4. The summed E-state index contributed by atoms with van der Waals surface area (Å²) in [6, 6.07) is 7.57. The van der Waals surface area contributed by atoms with Crippen molar-refractivity contribution in [2.75, 3.05) is 6.61 Å². The summed E-state index contributed by atoms with van der Waals surface area (Å²) in [6.07, 6.45) is 4.70. The van der Waals surface area contributed by atoms with E-state index in [9.17, 15) is 9.59 Å². The number of hydrogen-bond acceptors (Lipinski definition) is 3. The zero-order valence-electron chi connectivity index (χ0n) is 14.3. The Morgan fingerprint density at radius 2 is 2.04 bits per heavy atom. The van der Waals surface area contributed by atoms with Crippen molar-refractivity contribution < 1.29 is 14.3 Å². The second-order valence-corrected chi connectivity index (χ2v) is 6.66. The van der Waals surface area contributed by atoms with Crippen LogP contribution in [0.1, 0.15) is 56.9 Å².